The third-order valence-corrected chi connectivity index (χ3v) is 7.84. The average Bonchev–Trinajstić information content (AvgIpc) is 3.30. The van der Waals surface area contributed by atoms with Gasteiger partial charge in [0.05, 0.1) is 17.8 Å². The Labute approximate surface area is 212 Å². The van der Waals surface area contributed by atoms with Crippen LogP contribution in [0.4, 0.5) is 10.8 Å². The molecule has 0 radical (unpaired) electrons. The maximum absolute atomic E-state index is 13.1. The molecule has 1 amide bonds. The van der Waals surface area contributed by atoms with Crippen LogP contribution in [0.2, 0.25) is 5.02 Å². The second kappa shape index (κ2) is 10.0. The van der Waals surface area contributed by atoms with Crippen LogP contribution in [0.3, 0.4) is 0 Å². The number of anilines is 2. The number of methoxy groups -OCH3 is 1. The van der Waals surface area contributed by atoms with E-state index in [9.17, 15) is 13.2 Å². The van der Waals surface area contributed by atoms with Crippen LogP contribution in [-0.4, -0.2) is 31.6 Å². The Morgan fingerprint density at radius 1 is 1.00 bits per heavy atom. The molecule has 8 nitrogen and oxygen atoms in total. The number of aromatic nitrogens is 2. The fraction of sp³-hybridized carbons (Fsp3) is 0.125. The number of hydrogen-bond donors (Lipinski definition) is 2. The number of sulfonamides is 1. The molecule has 35 heavy (non-hydrogen) atoms. The molecule has 0 bridgehead atoms. The third kappa shape index (κ3) is 5.61. The number of ether oxygens (including phenoxy) is 1. The highest BCUT2D eigenvalue weighted by molar-refractivity contribution is 7.92. The van der Waals surface area contributed by atoms with Gasteiger partial charge in [0, 0.05) is 11.1 Å². The van der Waals surface area contributed by atoms with Gasteiger partial charge >= 0.3 is 0 Å². The van der Waals surface area contributed by atoms with Crippen molar-refractivity contribution in [3.05, 3.63) is 82.4 Å². The van der Waals surface area contributed by atoms with Gasteiger partial charge in [-0.15, -0.1) is 10.2 Å². The average molecular weight is 529 g/mol. The number of rotatable bonds is 7. The molecule has 0 saturated carbocycles. The van der Waals surface area contributed by atoms with Gasteiger partial charge in [-0.3, -0.25) is 14.8 Å². The van der Waals surface area contributed by atoms with E-state index in [1.54, 1.807) is 32.2 Å². The molecular weight excluding hydrogens is 508 g/mol. The molecule has 0 fully saturated rings. The van der Waals surface area contributed by atoms with Crippen LogP contribution >= 0.6 is 22.9 Å². The summed E-state index contributed by atoms with van der Waals surface area (Å²) in [6.45, 7) is 3.66. The Hall–Kier alpha value is -3.47. The van der Waals surface area contributed by atoms with E-state index in [2.05, 4.69) is 20.2 Å². The quantitative estimate of drug-likeness (QED) is 0.326. The summed E-state index contributed by atoms with van der Waals surface area (Å²) in [7, 11) is -2.46. The van der Waals surface area contributed by atoms with Crippen LogP contribution < -0.4 is 14.8 Å². The summed E-state index contributed by atoms with van der Waals surface area (Å²) in [5.74, 6) is 0.176. The van der Waals surface area contributed by atoms with Crippen LogP contribution in [0.5, 0.6) is 5.75 Å². The van der Waals surface area contributed by atoms with Gasteiger partial charge in [0.15, 0.2) is 0 Å². The van der Waals surface area contributed by atoms with Crippen LogP contribution in [0.1, 0.15) is 21.5 Å². The molecule has 2 N–H and O–H groups in total. The van der Waals surface area contributed by atoms with Gasteiger partial charge in [-0.1, -0.05) is 35.1 Å². The van der Waals surface area contributed by atoms with Crippen molar-refractivity contribution in [2.45, 2.75) is 18.7 Å². The van der Waals surface area contributed by atoms with E-state index >= 15 is 0 Å². The van der Waals surface area contributed by atoms with E-state index in [4.69, 9.17) is 16.3 Å². The van der Waals surface area contributed by atoms with Crippen molar-refractivity contribution in [3.63, 3.8) is 0 Å². The lowest BCUT2D eigenvalue weighted by Gasteiger charge is -2.13. The van der Waals surface area contributed by atoms with Gasteiger partial charge in [-0.25, -0.2) is 8.42 Å². The van der Waals surface area contributed by atoms with Crippen molar-refractivity contribution >= 4 is 49.7 Å². The largest absolute Gasteiger partial charge is 0.497 e. The van der Waals surface area contributed by atoms with Gasteiger partial charge in [-0.05, 0) is 73.5 Å². The smallest absolute Gasteiger partial charge is 0.263 e. The highest BCUT2D eigenvalue weighted by Gasteiger charge is 2.22. The van der Waals surface area contributed by atoms with E-state index < -0.39 is 15.9 Å². The van der Waals surface area contributed by atoms with Crippen LogP contribution in [0.15, 0.2) is 65.6 Å². The maximum atomic E-state index is 13.1. The maximum Gasteiger partial charge on any atom is 0.263 e. The first kappa shape index (κ1) is 24.6. The molecule has 1 heterocycles. The number of amides is 1. The summed E-state index contributed by atoms with van der Waals surface area (Å²) >= 11 is 7.38. The molecule has 4 aromatic rings. The zero-order chi connectivity index (χ0) is 25.2. The van der Waals surface area contributed by atoms with Crippen LogP contribution in [0.25, 0.3) is 10.6 Å². The highest BCUT2D eigenvalue weighted by atomic mass is 35.5. The molecule has 0 atom stereocenters. The van der Waals surface area contributed by atoms with Gasteiger partial charge in [-0.2, -0.15) is 0 Å². The van der Waals surface area contributed by atoms with Crippen molar-refractivity contribution in [1.82, 2.24) is 10.2 Å². The summed E-state index contributed by atoms with van der Waals surface area (Å²) in [5.41, 5.74) is 3.03. The monoisotopic (exact) mass is 528 g/mol. The number of benzene rings is 3. The van der Waals surface area contributed by atoms with Crippen molar-refractivity contribution in [3.8, 4) is 16.3 Å². The number of aryl methyl sites for hydroxylation is 2. The number of hydrogen-bond acceptors (Lipinski definition) is 7. The van der Waals surface area contributed by atoms with Crippen molar-refractivity contribution in [1.29, 1.82) is 0 Å². The van der Waals surface area contributed by atoms with E-state index in [0.717, 1.165) is 16.7 Å². The Balaban J connectivity index is 1.55. The molecule has 180 valence electrons. The number of halogens is 1. The molecular formula is C24H21ClN4O4S2. The fourth-order valence-electron chi connectivity index (χ4n) is 3.19. The Kier molecular flexibility index (Phi) is 7.06. The Morgan fingerprint density at radius 3 is 2.46 bits per heavy atom. The van der Waals surface area contributed by atoms with Crippen LogP contribution in [-0.2, 0) is 10.0 Å². The Bertz CT molecular complexity index is 1500. The van der Waals surface area contributed by atoms with Crippen molar-refractivity contribution in [2.75, 3.05) is 17.1 Å². The lowest BCUT2D eigenvalue weighted by atomic mass is 10.1. The number of nitrogens with zero attached hydrogens (tertiary/aromatic N) is 2. The molecule has 0 saturated heterocycles. The predicted octanol–water partition coefficient (Wildman–Crippen LogP) is 5.54. The standard InChI is InChI=1S/C24H21ClN4O4S2/c1-14-4-5-15(2)20(12-14)29-35(31,32)21-13-17(8-11-19(21)25)22(30)26-24-28-27-23(34-24)16-6-9-18(33-3)10-7-16/h4-13,29H,1-3H3,(H,26,28,30). The van der Waals surface area contributed by atoms with E-state index in [1.165, 1.54) is 29.5 Å². The first-order valence-corrected chi connectivity index (χ1v) is 13.0. The minimum Gasteiger partial charge on any atom is -0.497 e. The molecule has 0 unspecified atom stereocenters. The van der Waals surface area contributed by atoms with Crippen molar-refractivity contribution < 1.29 is 17.9 Å². The van der Waals surface area contributed by atoms with E-state index in [1.807, 2.05) is 31.2 Å². The summed E-state index contributed by atoms with van der Waals surface area (Å²) < 4.78 is 33.8. The summed E-state index contributed by atoms with van der Waals surface area (Å²) in [6, 6.07) is 16.8. The molecule has 0 aliphatic carbocycles. The minimum atomic E-state index is -4.05. The van der Waals surface area contributed by atoms with Gasteiger partial charge in [0.25, 0.3) is 15.9 Å². The van der Waals surface area contributed by atoms with Gasteiger partial charge in [0.1, 0.15) is 15.7 Å². The molecule has 0 spiro atoms. The molecule has 0 aliphatic heterocycles. The third-order valence-electron chi connectivity index (χ3n) is 5.10. The molecule has 3 aromatic carbocycles. The lowest BCUT2D eigenvalue weighted by molar-refractivity contribution is 0.102. The minimum absolute atomic E-state index is 0.00272. The number of carbonyl (C=O) groups excluding carboxylic acids is 1. The number of carbonyl (C=O) groups is 1. The zero-order valence-electron chi connectivity index (χ0n) is 19.0. The normalized spacial score (nSPS) is 11.2. The van der Waals surface area contributed by atoms with E-state index in [-0.39, 0.29) is 20.6 Å². The van der Waals surface area contributed by atoms with Crippen LogP contribution in [0, 0.1) is 13.8 Å². The summed E-state index contributed by atoms with van der Waals surface area (Å²) in [4.78, 5) is 12.6. The zero-order valence-corrected chi connectivity index (χ0v) is 21.4. The van der Waals surface area contributed by atoms with Gasteiger partial charge in [0.2, 0.25) is 5.13 Å². The SMILES string of the molecule is COc1ccc(-c2nnc(NC(=O)c3ccc(Cl)c(S(=O)(=O)Nc4cc(C)ccc4C)c3)s2)cc1. The molecule has 4 rings (SSSR count). The Morgan fingerprint density at radius 2 is 1.74 bits per heavy atom. The van der Waals surface area contributed by atoms with E-state index in [0.29, 0.717) is 16.4 Å². The van der Waals surface area contributed by atoms with Gasteiger partial charge < -0.3 is 4.74 Å². The molecule has 1 aromatic heterocycles. The molecule has 11 heteroatoms. The fourth-order valence-corrected chi connectivity index (χ4v) is 5.58. The first-order valence-electron chi connectivity index (χ1n) is 10.3. The lowest BCUT2D eigenvalue weighted by Crippen LogP contribution is -2.17. The number of nitrogens with one attached hydrogen (secondary N) is 2. The molecule has 0 aliphatic rings. The second-order valence-corrected chi connectivity index (χ2v) is 10.7. The summed E-state index contributed by atoms with van der Waals surface area (Å²) in [5, 5.41) is 11.7. The predicted molar refractivity (Wildman–Crippen MR) is 138 cm³/mol. The van der Waals surface area contributed by atoms with Crippen molar-refractivity contribution in [2.24, 2.45) is 0 Å². The summed E-state index contributed by atoms with van der Waals surface area (Å²) in [6.07, 6.45) is 0. The first-order chi connectivity index (χ1) is 16.7. The highest BCUT2D eigenvalue weighted by Crippen LogP contribution is 2.29. The second-order valence-electron chi connectivity index (χ2n) is 7.66. The topological polar surface area (TPSA) is 110 Å².